The first kappa shape index (κ1) is 10.8. The van der Waals surface area contributed by atoms with Gasteiger partial charge in [-0.2, -0.15) is 13.2 Å². The number of halogens is 3. The molecule has 2 nitrogen and oxygen atoms in total. The Labute approximate surface area is 76.3 Å². The van der Waals surface area contributed by atoms with Crippen LogP contribution in [0.1, 0.15) is 6.42 Å². The predicted molar refractivity (Wildman–Crippen MR) is 44.6 cm³/mol. The number of hydrogen-bond acceptors (Lipinski definition) is 2. The second-order valence-corrected chi connectivity index (χ2v) is 3.55. The molecule has 1 heterocycles. The van der Waals surface area contributed by atoms with Crippen LogP contribution in [0.25, 0.3) is 0 Å². The van der Waals surface area contributed by atoms with Gasteiger partial charge in [-0.1, -0.05) is 0 Å². The molecule has 0 unspecified atom stereocenters. The molecular weight excluding hydrogens is 181 g/mol. The minimum absolute atomic E-state index is 0.524. The number of rotatable bonds is 1. The van der Waals surface area contributed by atoms with Gasteiger partial charge in [0.2, 0.25) is 0 Å². The lowest BCUT2D eigenvalue weighted by Gasteiger charge is -2.21. The number of alkyl halides is 3. The van der Waals surface area contributed by atoms with Crippen molar-refractivity contribution in [1.29, 1.82) is 0 Å². The molecule has 1 rings (SSSR count). The predicted octanol–water partition coefficient (Wildman–Crippen LogP) is 1.19. The lowest BCUT2D eigenvalue weighted by atomic mass is 10.4. The maximum Gasteiger partial charge on any atom is 0.401 e. The van der Waals surface area contributed by atoms with Crippen molar-refractivity contribution in [3.8, 4) is 0 Å². The van der Waals surface area contributed by atoms with Gasteiger partial charge in [-0.3, -0.25) is 4.90 Å². The van der Waals surface area contributed by atoms with E-state index in [0.29, 0.717) is 13.1 Å². The van der Waals surface area contributed by atoms with Crippen molar-refractivity contribution in [1.82, 2.24) is 9.80 Å². The summed E-state index contributed by atoms with van der Waals surface area (Å²) < 4.78 is 36.0. The summed E-state index contributed by atoms with van der Waals surface area (Å²) in [6.07, 6.45) is -3.23. The molecule has 0 aliphatic carbocycles. The third-order valence-electron chi connectivity index (χ3n) is 2.22. The Morgan fingerprint density at radius 2 is 1.77 bits per heavy atom. The normalized spacial score (nSPS) is 23.1. The van der Waals surface area contributed by atoms with Gasteiger partial charge in [0.05, 0.1) is 6.54 Å². The van der Waals surface area contributed by atoms with Crippen molar-refractivity contribution < 1.29 is 13.2 Å². The lowest BCUT2D eigenvalue weighted by Crippen LogP contribution is -2.36. The van der Waals surface area contributed by atoms with E-state index in [1.807, 2.05) is 7.05 Å². The summed E-state index contributed by atoms with van der Waals surface area (Å²) in [5, 5.41) is 0. The molecule has 1 fully saturated rings. The van der Waals surface area contributed by atoms with E-state index in [2.05, 4.69) is 4.90 Å². The van der Waals surface area contributed by atoms with Crippen LogP contribution in [0.2, 0.25) is 0 Å². The van der Waals surface area contributed by atoms with Gasteiger partial charge in [0, 0.05) is 13.1 Å². The van der Waals surface area contributed by atoms with Crippen molar-refractivity contribution in [3.63, 3.8) is 0 Å². The average molecular weight is 196 g/mol. The molecule has 0 aromatic carbocycles. The van der Waals surface area contributed by atoms with Gasteiger partial charge in [-0.05, 0) is 26.6 Å². The number of nitrogens with zero attached hydrogens (tertiary/aromatic N) is 2. The highest BCUT2D eigenvalue weighted by atomic mass is 19.4. The lowest BCUT2D eigenvalue weighted by molar-refractivity contribution is -0.145. The van der Waals surface area contributed by atoms with E-state index < -0.39 is 12.7 Å². The molecule has 0 N–H and O–H groups in total. The van der Waals surface area contributed by atoms with Crippen molar-refractivity contribution >= 4 is 0 Å². The molecule has 78 valence electrons. The van der Waals surface area contributed by atoms with Gasteiger partial charge in [-0.25, -0.2) is 0 Å². The summed E-state index contributed by atoms with van der Waals surface area (Å²) in [6.45, 7) is 1.95. The van der Waals surface area contributed by atoms with E-state index in [1.54, 1.807) is 0 Å². The van der Waals surface area contributed by atoms with Crippen LogP contribution in [-0.2, 0) is 0 Å². The van der Waals surface area contributed by atoms with E-state index in [1.165, 1.54) is 4.90 Å². The van der Waals surface area contributed by atoms with E-state index >= 15 is 0 Å². The Morgan fingerprint density at radius 1 is 1.08 bits per heavy atom. The first-order valence-electron chi connectivity index (χ1n) is 4.45. The molecule has 1 aliphatic rings. The first-order chi connectivity index (χ1) is 5.97. The van der Waals surface area contributed by atoms with Gasteiger partial charge < -0.3 is 4.90 Å². The molecule has 0 amide bonds. The van der Waals surface area contributed by atoms with Crippen LogP contribution in [-0.4, -0.2) is 55.7 Å². The largest absolute Gasteiger partial charge is 0.401 e. The first-order valence-corrected chi connectivity index (χ1v) is 4.45. The van der Waals surface area contributed by atoms with Gasteiger partial charge in [0.15, 0.2) is 0 Å². The fourth-order valence-corrected chi connectivity index (χ4v) is 1.51. The van der Waals surface area contributed by atoms with Crippen LogP contribution >= 0.6 is 0 Å². The molecule has 0 aromatic rings. The SMILES string of the molecule is CN1CCCN(CC(F)(F)F)CC1. The summed E-state index contributed by atoms with van der Waals surface area (Å²) >= 11 is 0. The summed E-state index contributed by atoms with van der Waals surface area (Å²) in [5.74, 6) is 0. The molecule has 0 atom stereocenters. The van der Waals surface area contributed by atoms with Gasteiger partial charge >= 0.3 is 6.18 Å². The van der Waals surface area contributed by atoms with Crippen molar-refractivity contribution in [2.45, 2.75) is 12.6 Å². The van der Waals surface area contributed by atoms with Gasteiger partial charge in [-0.15, -0.1) is 0 Å². The minimum Gasteiger partial charge on any atom is -0.305 e. The average Bonchev–Trinajstić information content (AvgIpc) is 2.12. The third-order valence-corrected chi connectivity index (χ3v) is 2.22. The van der Waals surface area contributed by atoms with E-state index in [-0.39, 0.29) is 0 Å². The zero-order valence-corrected chi connectivity index (χ0v) is 7.77. The van der Waals surface area contributed by atoms with E-state index in [4.69, 9.17) is 0 Å². The highest BCUT2D eigenvalue weighted by Crippen LogP contribution is 2.17. The Bertz CT molecular complexity index is 158. The van der Waals surface area contributed by atoms with Gasteiger partial charge in [0.25, 0.3) is 0 Å². The maximum atomic E-state index is 12.0. The zero-order chi connectivity index (χ0) is 9.90. The quantitative estimate of drug-likeness (QED) is 0.621. The van der Waals surface area contributed by atoms with Crippen LogP contribution in [0.15, 0.2) is 0 Å². The minimum atomic E-state index is -4.05. The van der Waals surface area contributed by atoms with Crippen molar-refractivity contribution in [2.24, 2.45) is 0 Å². The fourth-order valence-electron chi connectivity index (χ4n) is 1.51. The number of likely N-dealkylation sites (N-methyl/N-ethyl adjacent to an activating group) is 1. The Balaban J connectivity index is 2.34. The highest BCUT2D eigenvalue weighted by molar-refractivity contribution is 4.69. The number of hydrogen-bond donors (Lipinski definition) is 0. The Kier molecular flexibility index (Phi) is 3.55. The highest BCUT2D eigenvalue weighted by Gasteiger charge is 2.30. The molecule has 0 aromatic heterocycles. The summed E-state index contributed by atoms with van der Waals surface area (Å²) in [4.78, 5) is 3.54. The van der Waals surface area contributed by atoms with Crippen LogP contribution < -0.4 is 0 Å². The molecule has 0 bridgehead atoms. The molecular formula is C8H15F3N2. The Hall–Kier alpha value is -0.290. The molecule has 1 aliphatic heterocycles. The zero-order valence-electron chi connectivity index (χ0n) is 7.77. The Morgan fingerprint density at radius 3 is 2.38 bits per heavy atom. The smallest absolute Gasteiger partial charge is 0.305 e. The summed E-state index contributed by atoms with van der Waals surface area (Å²) in [5.41, 5.74) is 0. The second-order valence-electron chi connectivity index (χ2n) is 3.55. The fraction of sp³-hybridized carbons (Fsp3) is 1.00. The van der Waals surface area contributed by atoms with Crippen LogP contribution in [0, 0.1) is 0 Å². The van der Waals surface area contributed by atoms with E-state index in [0.717, 1.165) is 19.5 Å². The van der Waals surface area contributed by atoms with Crippen molar-refractivity contribution in [3.05, 3.63) is 0 Å². The summed E-state index contributed by atoms with van der Waals surface area (Å²) in [6, 6.07) is 0. The molecule has 1 saturated heterocycles. The second kappa shape index (κ2) is 4.28. The van der Waals surface area contributed by atoms with Crippen LogP contribution in [0.5, 0.6) is 0 Å². The molecule has 5 heteroatoms. The summed E-state index contributed by atoms with van der Waals surface area (Å²) in [7, 11) is 1.94. The topological polar surface area (TPSA) is 6.48 Å². The van der Waals surface area contributed by atoms with Gasteiger partial charge in [0.1, 0.15) is 0 Å². The van der Waals surface area contributed by atoms with Crippen LogP contribution in [0.3, 0.4) is 0 Å². The molecule has 0 spiro atoms. The third kappa shape index (κ3) is 4.47. The maximum absolute atomic E-state index is 12.0. The van der Waals surface area contributed by atoms with Crippen LogP contribution in [0.4, 0.5) is 13.2 Å². The molecule has 0 radical (unpaired) electrons. The molecule has 0 saturated carbocycles. The van der Waals surface area contributed by atoms with E-state index in [9.17, 15) is 13.2 Å². The van der Waals surface area contributed by atoms with Crippen molar-refractivity contribution in [2.75, 3.05) is 39.8 Å². The molecule has 13 heavy (non-hydrogen) atoms. The standard InChI is InChI=1S/C8H15F3N2/c1-12-3-2-4-13(6-5-12)7-8(9,10)11/h2-7H2,1H3. The monoisotopic (exact) mass is 196 g/mol.